The number of aromatic nitrogens is 2. The summed E-state index contributed by atoms with van der Waals surface area (Å²) in [6.07, 6.45) is 0.891. The Bertz CT molecular complexity index is 643. The largest absolute Gasteiger partial charge is 0.491 e. The van der Waals surface area contributed by atoms with E-state index in [9.17, 15) is 4.79 Å². The first-order valence-electron chi connectivity index (χ1n) is 6.88. The van der Waals surface area contributed by atoms with Crippen LogP contribution in [0, 0.1) is 6.92 Å². The van der Waals surface area contributed by atoms with Crippen molar-refractivity contribution in [3.05, 3.63) is 45.9 Å². The minimum Gasteiger partial charge on any atom is -0.491 e. The lowest BCUT2D eigenvalue weighted by molar-refractivity contribution is 0.242. The van der Waals surface area contributed by atoms with E-state index in [4.69, 9.17) is 4.74 Å². The van der Waals surface area contributed by atoms with Crippen molar-refractivity contribution in [1.82, 2.24) is 9.97 Å². The molecule has 0 atom stereocenters. The quantitative estimate of drug-likeness (QED) is 0.930. The number of aryl methyl sites for hydroxylation is 1. The van der Waals surface area contributed by atoms with Crippen molar-refractivity contribution >= 4 is 0 Å². The van der Waals surface area contributed by atoms with Gasteiger partial charge in [0.25, 0.3) is 5.56 Å². The number of hydrogen-bond donors (Lipinski definition) is 1. The molecule has 0 amide bonds. The molecular formula is C16H20N2O2. The lowest BCUT2D eigenvalue weighted by Gasteiger charge is -2.10. The van der Waals surface area contributed by atoms with E-state index in [1.165, 1.54) is 0 Å². The highest BCUT2D eigenvalue weighted by Gasteiger charge is 2.08. The number of rotatable bonds is 4. The summed E-state index contributed by atoms with van der Waals surface area (Å²) in [6, 6.07) is 7.59. The molecule has 0 fully saturated rings. The molecule has 0 saturated carbocycles. The van der Waals surface area contributed by atoms with Crippen LogP contribution in [0.2, 0.25) is 0 Å². The zero-order valence-corrected chi connectivity index (χ0v) is 12.4. The van der Waals surface area contributed by atoms with Crippen molar-refractivity contribution in [3.8, 4) is 17.1 Å². The molecule has 0 saturated heterocycles. The van der Waals surface area contributed by atoms with Crippen LogP contribution in [0.3, 0.4) is 0 Å². The molecule has 20 heavy (non-hydrogen) atoms. The maximum absolute atomic E-state index is 11.9. The Morgan fingerprint density at radius 3 is 2.45 bits per heavy atom. The lowest BCUT2D eigenvalue weighted by Crippen LogP contribution is -2.15. The van der Waals surface area contributed by atoms with E-state index in [1.54, 1.807) is 6.92 Å². The fourth-order valence-corrected chi connectivity index (χ4v) is 2.02. The summed E-state index contributed by atoms with van der Waals surface area (Å²) in [7, 11) is 0. The van der Waals surface area contributed by atoms with Crippen molar-refractivity contribution in [2.75, 3.05) is 0 Å². The van der Waals surface area contributed by atoms with Gasteiger partial charge in [-0.05, 0) is 51.5 Å². The maximum Gasteiger partial charge on any atom is 0.254 e. The predicted octanol–water partition coefficient (Wildman–Crippen LogP) is 3.09. The molecule has 0 unspecified atom stereocenters. The zero-order chi connectivity index (χ0) is 14.7. The highest BCUT2D eigenvalue weighted by molar-refractivity contribution is 5.56. The van der Waals surface area contributed by atoms with Crippen molar-refractivity contribution in [2.45, 2.75) is 40.2 Å². The van der Waals surface area contributed by atoms with Crippen molar-refractivity contribution in [3.63, 3.8) is 0 Å². The number of nitrogens with one attached hydrogen (secondary N) is 1. The molecule has 1 heterocycles. The third kappa shape index (κ3) is 3.07. The van der Waals surface area contributed by atoms with Gasteiger partial charge in [0, 0.05) is 11.1 Å². The van der Waals surface area contributed by atoms with E-state index in [2.05, 4.69) is 9.97 Å². The monoisotopic (exact) mass is 272 g/mol. The summed E-state index contributed by atoms with van der Waals surface area (Å²) < 4.78 is 5.60. The van der Waals surface area contributed by atoms with Crippen LogP contribution in [0.15, 0.2) is 29.1 Å². The SMILES string of the molecule is CCc1nc(-c2ccc(OC(C)C)cc2)[nH]c(=O)c1C. The second-order valence-electron chi connectivity index (χ2n) is 5.03. The minimum atomic E-state index is -0.0747. The number of nitrogens with zero attached hydrogens (tertiary/aromatic N) is 1. The van der Waals surface area contributed by atoms with Gasteiger partial charge in [0.2, 0.25) is 0 Å². The molecule has 1 aromatic carbocycles. The number of benzene rings is 1. The molecule has 0 bridgehead atoms. The van der Waals surface area contributed by atoms with Gasteiger partial charge in [0.15, 0.2) is 0 Å². The first-order chi connectivity index (χ1) is 9.51. The minimum absolute atomic E-state index is 0.0747. The van der Waals surface area contributed by atoms with E-state index in [0.29, 0.717) is 11.4 Å². The van der Waals surface area contributed by atoms with Gasteiger partial charge in [-0.2, -0.15) is 0 Å². The first-order valence-corrected chi connectivity index (χ1v) is 6.88. The predicted molar refractivity (Wildman–Crippen MR) is 80.2 cm³/mol. The van der Waals surface area contributed by atoms with E-state index in [-0.39, 0.29) is 11.7 Å². The molecule has 4 nitrogen and oxygen atoms in total. The molecule has 0 aliphatic carbocycles. The summed E-state index contributed by atoms with van der Waals surface area (Å²) in [5.74, 6) is 1.42. The van der Waals surface area contributed by atoms with E-state index < -0.39 is 0 Å². The van der Waals surface area contributed by atoms with E-state index in [1.807, 2.05) is 45.0 Å². The fraction of sp³-hybridized carbons (Fsp3) is 0.375. The lowest BCUT2D eigenvalue weighted by atomic mass is 10.1. The van der Waals surface area contributed by atoms with Gasteiger partial charge in [-0.1, -0.05) is 6.92 Å². The van der Waals surface area contributed by atoms with Crippen LogP contribution >= 0.6 is 0 Å². The number of hydrogen-bond acceptors (Lipinski definition) is 3. The van der Waals surface area contributed by atoms with Crippen LogP contribution in [-0.2, 0) is 6.42 Å². The third-order valence-electron chi connectivity index (χ3n) is 3.09. The molecule has 0 aliphatic heterocycles. The maximum atomic E-state index is 11.9. The molecule has 1 aromatic heterocycles. The number of H-pyrrole nitrogens is 1. The molecule has 0 aliphatic rings. The van der Waals surface area contributed by atoms with Crippen molar-refractivity contribution < 1.29 is 4.74 Å². The Kier molecular flexibility index (Phi) is 4.23. The van der Waals surface area contributed by atoms with E-state index >= 15 is 0 Å². The molecular weight excluding hydrogens is 252 g/mol. The van der Waals surface area contributed by atoms with Crippen LogP contribution in [-0.4, -0.2) is 16.1 Å². The van der Waals surface area contributed by atoms with Gasteiger partial charge in [-0.3, -0.25) is 4.79 Å². The van der Waals surface area contributed by atoms with Crippen LogP contribution in [0.1, 0.15) is 32.0 Å². The second-order valence-corrected chi connectivity index (χ2v) is 5.03. The Labute approximate surface area is 118 Å². The number of ether oxygens (including phenoxy) is 1. The standard InChI is InChI=1S/C16H20N2O2/c1-5-14-11(4)16(19)18-15(17-14)12-6-8-13(9-7-12)20-10(2)3/h6-10H,5H2,1-4H3,(H,17,18,19). The topological polar surface area (TPSA) is 55.0 Å². The van der Waals surface area contributed by atoms with Crippen LogP contribution < -0.4 is 10.3 Å². The van der Waals surface area contributed by atoms with Gasteiger partial charge in [0.05, 0.1) is 11.8 Å². The van der Waals surface area contributed by atoms with Gasteiger partial charge >= 0.3 is 0 Å². The Hall–Kier alpha value is -2.10. The van der Waals surface area contributed by atoms with Gasteiger partial charge < -0.3 is 9.72 Å². The molecule has 0 spiro atoms. The normalized spacial score (nSPS) is 10.8. The van der Waals surface area contributed by atoms with Crippen molar-refractivity contribution in [1.29, 1.82) is 0 Å². The summed E-state index contributed by atoms with van der Waals surface area (Å²) in [6.45, 7) is 7.77. The Balaban J connectivity index is 2.37. The van der Waals surface area contributed by atoms with Crippen LogP contribution in [0.4, 0.5) is 0 Å². The molecule has 1 N–H and O–H groups in total. The van der Waals surface area contributed by atoms with Gasteiger partial charge in [0.1, 0.15) is 11.6 Å². The summed E-state index contributed by atoms with van der Waals surface area (Å²) >= 11 is 0. The molecule has 106 valence electrons. The van der Waals surface area contributed by atoms with Crippen molar-refractivity contribution in [2.24, 2.45) is 0 Å². The van der Waals surface area contributed by atoms with Gasteiger partial charge in [-0.25, -0.2) is 4.98 Å². The Morgan fingerprint density at radius 1 is 1.25 bits per heavy atom. The zero-order valence-electron chi connectivity index (χ0n) is 12.4. The first kappa shape index (κ1) is 14.3. The smallest absolute Gasteiger partial charge is 0.254 e. The molecule has 0 radical (unpaired) electrons. The highest BCUT2D eigenvalue weighted by atomic mass is 16.5. The molecule has 4 heteroatoms. The second kappa shape index (κ2) is 5.90. The van der Waals surface area contributed by atoms with E-state index in [0.717, 1.165) is 23.4 Å². The number of aromatic amines is 1. The highest BCUT2D eigenvalue weighted by Crippen LogP contribution is 2.20. The van der Waals surface area contributed by atoms with Gasteiger partial charge in [-0.15, -0.1) is 0 Å². The van der Waals surface area contributed by atoms with Crippen LogP contribution in [0.25, 0.3) is 11.4 Å². The Morgan fingerprint density at radius 2 is 1.90 bits per heavy atom. The summed E-state index contributed by atoms with van der Waals surface area (Å²) in [5.41, 5.74) is 2.34. The molecule has 2 aromatic rings. The summed E-state index contributed by atoms with van der Waals surface area (Å²) in [4.78, 5) is 19.2. The fourth-order valence-electron chi connectivity index (χ4n) is 2.02. The third-order valence-corrected chi connectivity index (χ3v) is 3.09. The summed E-state index contributed by atoms with van der Waals surface area (Å²) in [5, 5.41) is 0. The average molecular weight is 272 g/mol. The average Bonchev–Trinajstić information content (AvgIpc) is 2.42. The molecule has 2 rings (SSSR count). The van der Waals surface area contributed by atoms with Crippen LogP contribution in [0.5, 0.6) is 5.75 Å².